The molecular formula is C23H26N10OS. The maximum Gasteiger partial charge on any atom is 0.230 e. The average molecular weight is 491 g/mol. The molecule has 5 rings (SSSR count). The number of ketones is 1. The summed E-state index contributed by atoms with van der Waals surface area (Å²) in [5.41, 5.74) is 8.79. The zero-order valence-corrected chi connectivity index (χ0v) is 20.4. The van der Waals surface area contributed by atoms with Crippen molar-refractivity contribution in [2.45, 2.75) is 25.4 Å². The highest BCUT2D eigenvalue weighted by Crippen LogP contribution is 2.20. The SMILES string of the molecule is CSc1nc(NCCC(C)C)c2[nH]cnc2n1.Nc1nc(C(=O)c2ccccc2)nc2nc[nH]c12. The fourth-order valence-corrected chi connectivity index (χ4v) is 3.55. The lowest BCUT2D eigenvalue weighted by Crippen LogP contribution is -2.09. The Balaban J connectivity index is 0.000000165. The van der Waals surface area contributed by atoms with E-state index in [1.807, 2.05) is 12.3 Å². The van der Waals surface area contributed by atoms with Gasteiger partial charge in [-0.2, -0.15) is 0 Å². The number of benzene rings is 1. The molecule has 0 aliphatic rings. The molecule has 0 bridgehead atoms. The third-order valence-corrected chi connectivity index (χ3v) is 5.56. The van der Waals surface area contributed by atoms with E-state index in [9.17, 15) is 4.79 Å². The summed E-state index contributed by atoms with van der Waals surface area (Å²) in [6.45, 7) is 5.33. The minimum atomic E-state index is -0.271. The van der Waals surface area contributed by atoms with Gasteiger partial charge in [0.25, 0.3) is 0 Å². The van der Waals surface area contributed by atoms with E-state index in [-0.39, 0.29) is 17.4 Å². The topological polar surface area (TPSA) is 164 Å². The smallest absolute Gasteiger partial charge is 0.230 e. The molecule has 0 amide bonds. The van der Waals surface area contributed by atoms with Crippen molar-refractivity contribution in [1.29, 1.82) is 0 Å². The Morgan fingerprint density at radius 3 is 2.37 bits per heavy atom. The Kier molecular flexibility index (Phi) is 7.51. The first-order chi connectivity index (χ1) is 17.0. The lowest BCUT2D eigenvalue weighted by atomic mass is 10.1. The summed E-state index contributed by atoms with van der Waals surface area (Å²) in [7, 11) is 0. The molecule has 11 nitrogen and oxygen atoms in total. The van der Waals surface area contributed by atoms with E-state index in [0.717, 1.165) is 35.1 Å². The van der Waals surface area contributed by atoms with Crippen molar-refractivity contribution in [3.8, 4) is 0 Å². The van der Waals surface area contributed by atoms with Crippen LogP contribution in [0.25, 0.3) is 22.3 Å². The summed E-state index contributed by atoms with van der Waals surface area (Å²) in [5, 5.41) is 4.09. The van der Waals surface area contributed by atoms with Crippen LogP contribution in [0.4, 0.5) is 11.6 Å². The predicted molar refractivity (Wildman–Crippen MR) is 137 cm³/mol. The van der Waals surface area contributed by atoms with Crippen LogP contribution in [0.5, 0.6) is 0 Å². The maximum atomic E-state index is 12.1. The van der Waals surface area contributed by atoms with E-state index in [2.05, 4.69) is 59.0 Å². The number of hydrogen-bond acceptors (Lipinski definition) is 10. The Labute approximate surface area is 205 Å². The molecule has 0 atom stereocenters. The van der Waals surface area contributed by atoms with Gasteiger partial charge < -0.3 is 21.0 Å². The van der Waals surface area contributed by atoms with Gasteiger partial charge in [0.1, 0.15) is 11.0 Å². The second kappa shape index (κ2) is 10.9. The molecule has 0 saturated carbocycles. The van der Waals surface area contributed by atoms with Gasteiger partial charge in [-0.05, 0) is 18.6 Å². The van der Waals surface area contributed by atoms with Crippen LogP contribution in [0.1, 0.15) is 36.5 Å². The number of carbonyl (C=O) groups excluding carboxylic acids is 1. The number of fused-ring (bicyclic) bond motifs is 2. The van der Waals surface area contributed by atoms with Gasteiger partial charge in [-0.1, -0.05) is 55.9 Å². The molecule has 0 aliphatic heterocycles. The highest BCUT2D eigenvalue weighted by atomic mass is 32.2. The summed E-state index contributed by atoms with van der Waals surface area (Å²) in [6.07, 6.45) is 6.20. The fourth-order valence-electron chi connectivity index (χ4n) is 3.19. The quantitative estimate of drug-likeness (QED) is 0.150. The number of carbonyl (C=O) groups is 1. The number of rotatable bonds is 7. The van der Waals surface area contributed by atoms with Crippen molar-refractivity contribution in [1.82, 2.24) is 39.9 Å². The van der Waals surface area contributed by atoms with Gasteiger partial charge in [0.15, 0.2) is 28.1 Å². The Hall–Kier alpha value is -4.06. The van der Waals surface area contributed by atoms with Crippen LogP contribution in [0.2, 0.25) is 0 Å². The molecule has 5 aromatic rings. The van der Waals surface area contributed by atoms with Crippen LogP contribution in [0, 0.1) is 5.92 Å². The molecule has 35 heavy (non-hydrogen) atoms. The van der Waals surface area contributed by atoms with Crippen molar-refractivity contribution in [3.63, 3.8) is 0 Å². The summed E-state index contributed by atoms with van der Waals surface area (Å²) < 4.78 is 0. The highest BCUT2D eigenvalue weighted by molar-refractivity contribution is 7.98. The van der Waals surface area contributed by atoms with Gasteiger partial charge in [0.2, 0.25) is 11.6 Å². The summed E-state index contributed by atoms with van der Waals surface area (Å²) >= 11 is 1.52. The molecule has 4 aromatic heterocycles. The van der Waals surface area contributed by atoms with Gasteiger partial charge in [-0.25, -0.2) is 29.9 Å². The van der Waals surface area contributed by atoms with E-state index < -0.39 is 0 Å². The zero-order chi connectivity index (χ0) is 24.8. The first-order valence-electron chi connectivity index (χ1n) is 11.0. The van der Waals surface area contributed by atoms with Gasteiger partial charge in [-0.15, -0.1) is 0 Å². The van der Waals surface area contributed by atoms with Crippen LogP contribution in [0.3, 0.4) is 0 Å². The van der Waals surface area contributed by atoms with Crippen molar-refractivity contribution in [2.24, 2.45) is 5.92 Å². The van der Waals surface area contributed by atoms with Gasteiger partial charge in [-0.3, -0.25) is 4.79 Å². The first-order valence-corrected chi connectivity index (χ1v) is 12.2. The fraction of sp³-hybridized carbons (Fsp3) is 0.261. The molecule has 0 fully saturated rings. The highest BCUT2D eigenvalue weighted by Gasteiger charge is 2.15. The zero-order valence-electron chi connectivity index (χ0n) is 19.6. The number of anilines is 2. The standard InChI is InChI=1S/C12H9N5O.C11H17N5S/c13-10-8-11(15-6-14-8)17-12(16-10)9(18)7-4-2-1-3-5-7;1-7(2)4-5-12-9-8-10(14-6-13-8)16-11(15-9)17-3/h1-6H,(H3,13,14,15,16,17);6-7H,4-5H2,1-3H3,(H2,12,13,14,15,16). The van der Waals surface area contributed by atoms with Gasteiger partial charge in [0, 0.05) is 12.1 Å². The lowest BCUT2D eigenvalue weighted by Gasteiger charge is -2.08. The van der Waals surface area contributed by atoms with E-state index in [0.29, 0.717) is 22.6 Å². The van der Waals surface area contributed by atoms with E-state index in [1.165, 1.54) is 18.1 Å². The number of hydrogen-bond donors (Lipinski definition) is 4. The van der Waals surface area contributed by atoms with E-state index in [1.54, 1.807) is 30.6 Å². The number of nitrogens with two attached hydrogens (primary N) is 1. The van der Waals surface area contributed by atoms with Crippen LogP contribution >= 0.6 is 11.8 Å². The molecular weight excluding hydrogens is 464 g/mol. The number of aromatic nitrogens is 8. The molecule has 5 N–H and O–H groups in total. The maximum absolute atomic E-state index is 12.1. The molecule has 0 aliphatic carbocycles. The minimum Gasteiger partial charge on any atom is -0.382 e. The molecule has 0 radical (unpaired) electrons. The second-order valence-electron chi connectivity index (χ2n) is 8.00. The molecule has 0 spiro atoms. The molecule has 4 heterocycles. The van der Waals surface area contributed by atoms with Crippen molar-refractivity contribution in [3.05, 3.63) is 54.4 Å². The second-order valence-corrected chi connectivity index (χ2v) is 8.77. The number of nitrogens with zero attached hydrogens (tertiary/aromatic N) is 6. The van der Waals surface area contributed by atoms with Crippen molar-refractivity contribution in [2.75, 3.05) is 23.9 Å². The molecule has 1 aromatic carbocycles. The van der Waals surface area contributed by atoms with Crippen LogP contribution < -0.4 is 11.1 Å². The summed E-state index contributed by atoms with van der Waals surface area (Å²) in [6, 6.07) is 8.81. The van der Waals surface area contributed by atoms with Gasteiger partial charge in [0.05, 0.1) is 12.7 Å². The minimum absolute atomic E-state index is 0.0540. The first kappa shape index (κ1) is 24.1. The monoisotopic (exact) mass is 490 g/mol. The molecule has 0 unspecified atom stereocenters. The third-order valence-electron chi connectivity index (χ3n) is 5.01. The Morgan fingerprint density at radius 2 is 1.69 bits per heavy atom. The number of thioether (sulfide) groups is 1. The normalized spacial score (nSPS) is 11.0. The third kappa shape index (κ3) is 5.72. The van der Waals surface area contributed by atoms with Crippen LogP contribution in [-0.4, -0.2) is 58.5 Å². The predicted octanol–water partition coefficient (Wildman–Crippen LogP) is 3.70. The molecule has 0 saturated heterocycles. The van der Waals surface area contributed by atoms with E-state index >= 15 is 0 Å². The molecule has 180 valence electrons. The summed E-state index contributed by atoms with van der Waals surface area (Å²) in [5.74, 6) is 1.53. The van der Waals surface area contributed by atoms with Crippen LogP contribution in [-0.2, 0) is 0 Å². The number of aromatic amines is 2. The number of nitrogen functional groups attached to an aromatic ring is 1. The number of imidazole rings is 2. The Morgan fingerprint density at radius 1 is 1.00 bits per heavy atom. The van der Waals surface area contributed by atoms with Gasteiger partial charge >= 0.3 is 0 Å². The van der Waals surface area contributed by atoms with Crippen molar-refractivity contribution >= 4 is 51.5 Å². The lowest BCUT2D eigenvalue weighted by molar-refractivity contribution is 0.103. The largest absolute Gasteiger partial charge is 0.382 e. The van der Waals surface area contributed by atoms with E-state index in [4.69, 9.17) is 5.73 Å². The summed E-state index contributed by atoms with van der Waals surface area (Å²) in [4.78, 5) is 43.1. The number of H-pyrrole nitrogens is 2. The van der Waals surface area contributed by atoms with Crippen molar-refractivity contribution < 1.29 is 4.79 Å². The van der Waals surface area contributed by atoms with Crippen LogP contribution in [0.15, 0.2) is 48.1 Å². The number of nitrogens with one attached hydrogen (secondary N) is 3. The Bertz CT molecular complexity index is 1430. The average Bonchev–Trinajstić information content (AvgIpc) is 3.54. The molecule has 12 heteroatoms.